The van der Waals surface area contributed by atoms with Gasteiger partial charge in [-0.1, -0.05) is 11.2 Å². The molecule has 0 unspecified atom stereocenters. The predicted molar refractivity (Wildman–Crippen MR) is 78.0 cm³/mol. The fourth-order valence-electron chi connectivity index (χ4n) is 2.66. The number of aryl methyl sites for hydroxylation is 1. The average Bonchev–Trinajstić information content (AvgIpc) is 3.14. The van der Waals surface area contributed by atoms with Gasteiger partial charge >= 0.3 is 0 Å². The number of pyridine rings is 1. The highest BCUT2D eigenvalue weighted by Crippen LogP contribution is 2.39. The number of rotatable bonds is 1. The molecule has 1 aliphatic rings. The Hall–Kier alpha value is -2.65. The highest BCUT2D eigenvalue weighted by atomic mass is 32.1. The van der Waals surface area contributed by atoms with E-state index in [1.54, 1.807) is 17.4 Å². The van der Waals surface area contributed by atoms with Crippen molar-refractivity contribution in [1.82, 2.24) is 10.1 Å². The SMILES string of the molecule is N#Cc1cc2c([nH]c1=O)CCc1c(-c3cccs3)noc1-2. The van der Waals surface area contributed by atoms with Crippen molar-refractivity contribution in [2.45, 2.75) is 12.8 Å². The van der Waals surface area contributed by atoms with E-state index in [0.717, 1.165) is 33.8 Å². The van der Waals surface area contributed by atoms with Crippen LogP contribution in [0.5, 0.6) is 0 Å². The summed E-state index contributed by atoms with van der Waals surface area (Å²) in [6.45, 7) is 0. The standard InChI is InChI=1S/C15H9N3O2S/c16-7-8-6-10-11(17-15(8)19)4-3-9-13(18-20-14(9)10)12-2-1-5-21-12/h1-2,5-6H,3-4H2,(H,17,19). The van der Waals surface area contributed by atoms with Crippen LogP contribution >= 0.6 is 11.3 Å². The van der Waals surface area contributed by atoms with Crippen molar-refractivity contribution in [3.63, 3.8) is 0 Å². The lowest BCUT2D eigenvalue weighted by molar-refractivity contribution is 0.432. The molecule has 0 radical (unpaired) electrons. The van der Waals surface area contributed by atoms with Gasteiger partial charge in [-0.05, 0) is 30.4 Å². The zero-order valence-electron chi connectivity index (χ0n) is 10.8. The quantitative estimate of drug-likeness (QED) is 0.748. The molecule has 3 aromatic rings. The van der Waals surface area contributed by atoms with E-state index in [0.29, 0.717) is 12.2 Å². The summed E-state index contributed by atoms with van der Waals surface area (Å²) in [6, 6.07) is 7.48. The van der Waals surface area contributed by atoms with Crippen molar-refractivity contribution in [1.29, 1.82) is 5.26 Å². The number of nitrogens with one attached hydrogen (secondary N) is 1. The second-order valence-electron chi connectivity index (χ2n) is 4.83. The molecule has 0 bridgehead atoms. The molecule has 0 aromatic carbocycles. The number of thiophene rings is 1. The molecular weight excluding hydrogens is 286 g/mol. The number of hydrogen-bond acceptors (Lipinski definition) is 5. The summed E-state index contributed by atoms with van der Waals surface area (Å²) >= 11 is 1.61. The van der Waals surface area contributed by atoms with Crippen LogP contribution in [0.15, 0.2) is 32.9 Å². The summed E-state index contributed by atoms with van der Waals surface area (Å²) in [5.41, 5.74) is 3.22. The average molecular weight is 295 g/mol. The van der Waals surface area contributed by atoms with Gasteiger partial charge in [0, 0.05) is 16.8 Å². The molecule has 3 aromatic heterocycles. The van der Waals surface area contributed by atoms with Gasteiger partial charge in [-0.25, -0.2) is 0 Å². The molecule has 21 heavy (non-hydrogen) atoms. The van der Waals surface area contributed by atoms with Gasteiger partial charge < -0.3 is 9.51 Å². The Balaban J connectivity index is 1.95. The van der Waals surface area contributed by atoms with Gasteiger partial charge in [-0.3, -0.25) is 4.79 Å². The molecule has 0 saturated heterocycles. The number of nitriles is 1. The Bertz CT molecular complexity index is 929. The zero-order chi connectivity index (χ0) is 14.4. The summed E-state index contributed by atoms with van der Waals surface area (Å²) in [7, 11) is 0. The third kappa shape index (κ3) is 1.75. The minimum atomic E-state index is -0.349. The van der Waals surface area contributed by atoms with Crippen LogP contribution < -0.4 is 5.56 Å². The lowest BCUT2D eigenvalue weighted by atomic mass is 9.92. The Kier molecular flexibility index (Phi) is 2.56. The van der Waals surface area contributed by atoms with E-state index in [2.05, 4.69) is 10.1 Å². The molecule has 0 aliphatic heterocycles. The minimum absolute atomic E-state index is 0.0932. The maximum absolute atomic E-state index is 11.7. The van der Waals surface area contributed by atoms with E-state index in [-0.39, 0.29) is 11.1 Å². The van der Waals surface area contributed by atoms with E-state index < -0.39 is 0 Å². The van der Waals surface area contributed by atoms with E-state index in [1.807, 2.05) is 23.6 Å². The summed E-state index contributed by atoms with van der Waals surface area (Å²) in [5, 5.41) is 15.2. The van der Waals surface area contributed by atoms with Crippen LogP contribution in [0.2, 0.25) is 0 Å². The predicted octanol–water partition coefficient (Wildman–Crippen LogP) is 2.73. The Morgan fingerprint density at radius 3 is 3.10 bits per heavy atom. The van der Waals surface area contributed by atoms with Crippen LogP contribution in [0, 0.1) is 11.3 Å². The number of fused-ring (bicyclic) bond motifs is 3. The monoisotopic (exact) mass is 295 g/mol. The van der Waals surface area contributed by atoms with E-state index in [9.17, 15) is 4.79 Å². The molecule has 0 fully saturated rings. The lowest BCUT2D eigenvalue weighted by Gasteiger charge is -2.14. The van der Waals surface area contributed by atoms with Crippen molar-refractivity contribution in [3.05, 3.63) is 50.8 Å². The molecule has 5 nitrogen and oxygen atoms in total. The maximum Gasteiger partial charge on any atom is 0.266 e. The molecule has 6 heteroatoms. The van der Waals surface area contributed by atoms with Crippen molar-refractivity contribution in [2.24, 2.45) is 0 Å². The Morgan fingerprint density at radius 2 is 2.33 bits per heavy atom. The van der Waals surface area contributed by atoms with Crippen LogP contribution in [-0.2, 0) is 12.8 Å². The van der Waals surface area contributed by atoms with Crippen LogP contribution in [0.3, 0.4) is 0 Å². The van der Waals surface area contributed by atoms with E-state index in [4.69, 9.17) is 9.78 Å². The van der Waals surface area contributed by atoms with Gasteiger partial charge in [0.25, 0.3) is 5.56 Å². The second-order valence-corrected chi connectivity index (χ2v) is 5.78. The first kappa shape index (κ1) is 12.1. The Morgan fingerprint density at radius 1 is 1.43 bits per heavy atom. The van der Waals surface area contributed by atoms with Crippen LogP contribution in [-0.4, -0.2) is 10.1 Å². The number of H-pyrrole nitrogens is 1. The number of nitrogens with zero attached hydrogens (tertiary/aromatic N) is 2. The Labute approximate surface area is 123 Å². The smallest absolute Gasteiger partial charge is 0.266 e. The summed E-state index contributed by atoms with van der Waals surface area (Å²) < 4.78 is 5.50. The van der Waals surface area contributed by atoms with Gasteiger partial charge in [-0.15, -0.1) is 11.3 Å². The van der Waals surface area contributed by atoms with Crippen molar-refractivity contribution >= 4 is 11.3 Å². The van der Waals surface area contributed by atoms with Gasteiger partial charge in [0.2, 0.25) is 0 Å². The highest BCUT2D eigenvalue weighted by Gasteiger charge is 2.26. The first-order chi connectivity index (χ1) is 10.3. The first-order valence-corrected chi connectivity index (χ1v) is 7.35. The zero-order valence-corrected chi connectivity index (χ0v) is 11.7. The van der Waals surface area contributed by atoms with Crippen molar-refractivity contribution < 1.29 is 4.52 Å². The molecule has 0 amide bonds. The molecular formula is C15H9N3O2S. The van der Waals surface area contributed by atoms with Crippen molar-refractivity contribution in [2.75, 3.05) is 0 Å². The van der Waals surface area contributed by atoms with Gasteiger partial charge in [-0.2, -0.15) is 5.26 Å². The van der Waals surface area contributed by atoms with E-state index in [1.165, 1.54) is 0 Å². The second kappa shape index (κ2) is 4.43. The third-order valence-corrected chi connectivity index (χ3v) is 4.53. The number of aromatic nitrogens is 2. The van der Waals surface area contributed by atoms with Gasteiger partial charge in [0.15, 0.2) is 5.76 Å². The topological polar surface area (TPSA) is 82.7 Å². The summed E-state index contributed by atoms with van der Waals surface area (Å²) in [4.78, 5) is 15.5. The fraction of sp³-hybridized carbons (Fsp3) is 0.133. The molecule has 4 rings (SSSR count). The molecule has 1 aliphatic carbocycles. The van der Waals surface area contributed by atoms with Gasteiger partial charge in [0.1, 0.15) is 17.3 Å². The molecule has 1 N–H and O–H groups in total. The summed E-state index contributed by atoms with van der Waals surface area (Å²) in [6.07, 6.45) is 1.48. The fourth-order valence-corrected chi connectivity index (χ4v) is 3.39. The molecule has 0 spiro atoms. The van der Waals surface area contributed by atoms with Gasteiger partial charge in [0.05, 0.1) is 4.88 Å². The van der Waals surface area contributed by atoms with E-state index >= 15 is 0 Å². The number of aromatic amines is 1. The molecule has 3 heterocycles. The molecule has 102 valence electrons. The third-order valence-electron chi connectivity index (χ3n) is 3.66. The molecule has 0 atom stereocenters. The van der Waals surface area contributed by atoms with Crippen molar-refractivity contribution in [3.8, 4) is 28.0 Å². The van der Waals surface area contributed by atoms with Crippen LogP contribution in [0.4, 0.5) is 0 Å². The highest BCUT2D eigenvalue weighted by molar-refractivity contribution is 7.13. The maximum atomic E-state index is 11.7. The largest absolute Gasteiger partial charge is 0.355 e. The first-order valence-electron chi connectivity index (χ1n) is 6.47. The molecule has 0 saturated carbocycles. The van der Waals surface area contributed by atoms with Crippen LogP contribution in [0.25, 0.3) is 21.9 Å². The summed E-state index contributed by atoms with van der Waals surface area (Å²) in [5.74, 6) is 0.660. The number of hydrogen-bond donors (Lipinski definition) is 1. The lowest BCUT2D eigenvalue weighted by Crippen LogP contribution is -2.16. The minimum Gasteiger partial charge on any atom is -0.355 e. The van der Waals surface area contributed by atoms with Crippen LogP contribution in [0.1, 0.15) is 16.8 Å². The normalized spacial score (nSPS) is 12.5.